The van der Waals surface area contributed by atoms with Crippen LogP contribution in [0.4, 0.5) is 0 Å². The maximum absolute atomic E-state index is 11.7. The molecular weight excluding hydrogens is 244 g/mol. The summed E-state index contributed by atoms with van der Waals surface area (Å²) in [6.45, 7) is 2.66. The zero-order valence-electron chi connectivity index (χ0n) is 11.6. The highest BCUT2D eigenvalue weighted by molar-refractivity contribution is 5.75. The van der Waals surface area contributed by atoms with Gasteiger partial charge in [0, 0.05) is 13.0 Å². The van der Waals surface area contributed by atoms with Gasteiger partial charge >= 0.3 is 5.97 Å². The molecule has 0 radical (unpaired) electrons. The van der Waals surface area contributed by atoms with Gasteiger partial charge in [-0.1, -0.05) is 31.9 Å². The normalized spacial score (nSPS) is 12.1. The molecule has 0 saturated heterocycles. The molecule has 1 unspecified atom stereocenters. The maximum Gasteiger partial charge on any atom is 0.335 e. The molecule has 0 bridgehead atoms. The van der Waals surface area contributed by atoms with Gasteiger partial charge in [-0.15, -0.1) is 0 Å². The Morgan fingerprint density at radius 3 is 2.79 bits per heavy atom. The van der Waals surface area contributed by atoms with Crippen molar-refractivity contribution in [3.63, 3.8) is 0 Å². The van der Waals surface area contributed by atoms with Gasteiger partial charge < -0.3 is 14.6 Å². The van der Waals surface area contributed by atoms with Crippen molar-refractivity contribution in [2.75, 3.05) is 13.7 Å². The summed E-state index contributed by atoms with van der Waals surface area (Å²) in [7, 11) is 1.35. The molecule has 0 aliphatic heterocycles. The maximum atomic E-state index is 11.7. The van der Waals surface area contributed by atoms with Crippen LogP contribution in [-0.2, 0) is 20.7 Å². The predicted molar refractivity (Wildman–Crippen MR) is 73.1 cm³/mol. The van der Waals surface area contributed by atoms with Crippen LogP contribution < -0.4 is 0 Å². The van der Waals surface area contributed by atoms with Gasteiger partial charge in [0.1, 0.15) is 5.75 Å². The quantitative estimate of drug-likeness (QED) is 0.580. The minimum Gasteiger partial charge on any atom is -0.508 e. The van der Waals surface area contributed by atoms with Crippen molar-refractivity contribution < 1.29 is 19.4 Å². The van der Waals surface area contributed by atoms with E-state index in [0.717, 1.165) is 24.8 Å². The predicted octanol–water partition coefficient (Wildman–Crippen LogP) is 2.68. The molecule has 1 N–H and O–H groups in total. The Bertz CT molecular complexity index is 389. The number of phenolic OH excluding ortho intramolecular Hbond substituents is 1. The molecule has 4 nitrogen and oxygen atoms in total. The average molecular weight is 266 g/mol. The topological polar surface area (TPSA) is 55.8 Å². The molecule has 0 aliphatic rings. The second-order valence-electron chi connectivity index (χ2n) is 4.46. The van der Waals surface area contributed by atoms with Crippen molar-refractivity contribution in [2.24, 2.45) is 0 Å². The molecule has 0 aliphatic carbocycles. The number of aromatic hydroxyl groups is 1. The minimum absolute atomic E-state index is 0.187. The molecule has 4 heteroatoms. The van der Waals surface area contributed by atoms with Crippen LogP contribution in [0.25, 0.3) is 0 Å². The van der Waals surface area contributed by atoms with Gasteiger partial charge in [0.25, 0.3) is 0 Å². The van der Waals surface area contributed by atoms with Crippen molar-refractivity contribution in [2.45, 2.75) is 38.7 Å². The van der Waals surface area contributed by atoms with E-state index < -0.39 is 6.10 Å². The van der Waals surface area contributed by atoms with Crippen LogP contribution in [0.15, 0.2) is 24.3 Å². The number of benzene rings is 1. The minimum atomic E-state index is -0.608. The summed E-state index contributed by atoms with van der Waals surface area (Å²) < 4.78 is 10.3. The number of phenols is 1. The molecule has 106 valence electrons. The third-order valence-corrected chi connectivity index (χ3v) is 2.86. The van der Waals surface area contributed by atoms with E-state index in [4.69, 9.17) is 9.47 Å². The molecular formula is C15H22O4. The first-order valence-corrected chi connectivity index (χ1v) is 6.64. The van der Waals surface area contributed by atoms with Crippen LogP contribution >= 0.6 is 0 Å². The first kappa shape index (κ1) is 15.5. The molecule has 0 spiro atoms. The molecule has 1 atom stereocenters. The SMILES string of the molecule is CCCCCOC(Cc1cccc(O)c1)C(=O)OC. The Morgan fingerprint density at radius 1 is 1.37 bits per heavy atom. The average Bonchev–Trinajstić information content (AvgIpc) is 2.41. The molecule has 0 aromatic heterocycles. The Kier molecular flexibility index (Phi) is 6.97. The first-order valence-electron chi connectivity index (χ1n) is 6.64. The molecule has 0 heterocycles. The van der Waals surface area contributed by atoms with Gasteiger partial charge in [0.05, 0.1) is 7.11 Å². The van der Waals surface area contributed by atoms with Crippen LogP contribution in [0, 0.1) is 0 Å². The zero-order chi connectivity index (χ0) is 14.1. The van der Waals surface area contributed by atoms with E-state index in [1.165, 1.54) is 7.11 Å². The lowest BCUT2D eigenvalue weighted by molar-refractivity contribution is -0.154. The molecule has 0 amide bonds. The van der Waals surface area contributed by atoms with Crippen molar-refractivity contribution in [3.8, 4) is 5.75 Å². The molecule has 0 saturated carbocycles. The van der Waals surface area contributed by atoms with Crippen molar-refractivity contribution >= 4 is 5.97 Å². The summed E-state index contributed by atoms with van der Waals surface area (Å²) in [5.41, 5.74) is 0.853. The summed E-state index contributed by atoms with van der Waals surface area (Å²) in [6, 6.07) is 6.82. The lowest BCUT2D eigenvalue weighted by atomic mass is 10.1. The van der Waals surface area contributed by atoms with E-state index in [2.05, 4.69) is 6.92 Å². The van der Waals surface area contributed by atoms with E-state index in [-0.39, 0.29) is 11.7 Å². The third-order valence-electron chi connectivity index (χ3n) is 2.86. The molecule has 1 rings (SSSR count). The number of unbranched alkanes of at least 4 members (excludes halogenated alkanes) is 2. The Labute approximate surface area is 114 Å². The fourth-order valence-electron chi connectivity index (χ4n) is 1.82. The van der Waals surface area contributed by atoms with Crippen molar-refractivity contribution in [1.82, 2.24) is 0 Å². The van der Waals surface area contributed by atoms with Crippen molar-refractivity contribution in [1.29, 1.82) is 0 Å². The van der Waals surface area contributed by atoms with Crippen LogP contribution in [0.1, 0.15) is 31.7 Å². The van der Waals surface area contributed by atoms with E-state index >= 15 is 0 Å². The number of carbonyl (C=O) groups excluding carboxylic acids is 1. The van der Waals surface area contributed by atoms with Crippen LogP contribution in [0.3, 0.4) is 0 Å². The number of esters is 1. The number of hydrogen-bond acceptors (Lipinski definition) is 4. The molecule has 1 aromatic carbocycles. The molecule has 19 heavy (non-hydrogen) atoms. The van der Waals surface area contributed by atoms with Crippen LogP contribution in [0.2, 0.25) is 0 Å². The summed E-state index contributed by atoms with van der Waals surface area (Å²) >= 11 is 0. The number of carbonyl (C=O) groups is 1. The number of hydrogen-bond donors (Lipinski definition) is 1. The van der Waals surface area contributed by atoms with Gasteiger partial charge in [0.2, 0.25) is 0 Å². The fraction of sp³-hybridized carbons (Fsp3) is 0.533. The van der Waals surface area contributed by atoms with Gasteiger partial charge in [-0.25, -0.2) is 4.79 Å². The summed E-state index contributed by atoms with van der Waals surface area (Å²) in [5.74, 6) is -0.188. The Morgan fingerprint density at radius 2 is 2.16 bits per heavy atom. The number of rotatable bonds is 8. The highest BCUT2D eigenvalue weighted by Gasteiger charge is 2.20. The third kappa shape index (κ3) is 5.75. The van der Waals surface area contributed by atoms with Gasteiger partial charge in [-0.05, 0) is 24.1 Å². The number of methoxy groups -OCH3 is 1. The Balaban J connectivity index is 2.56. The van der Waals surface area contributed by atoms with E-state index in [1.807, 2.05) is 6.07 Å². The van der Waals surface area contributed by atoms with E-state index in [1.54, 1.807) is 18.2 Å². The second-order valence-corrected chi connectivity index (χ2v) is 4.46. The smallest absolute Gasteiger partial charge is 0.335 e. The lowest BCUT2D eigenvalue weighted by Crippen LogP contribution is -2.28. The number of ether oxygens (including phenoxy) is 2. The zero-order valence-corrected chi connectivity index (χ0v) is 11.6. The largest absolute Gasteiger partial charge is 0.508 e. The highest BCUT2D eigenvalue weighted by atomic mass is 16.6. The van der Waals surface area contributed by atoms with Gasteiger partial charge in [-0.3, -0.25) is 0 Å². The monoisotopic (exact) mass is 266 g/mol. The Hall–Kier alpha value is -1.55. The van der Waals surface area contributed by atoms with Gasteiger partial charge in [0.15, 0.2) is 6.10 Å². The second kappa shape index (κ2) is 8.53. The standard InChI is InChI=1S/C15H22O4/c1-3-4-5-9-19-14(15(17)18-2)11-12-7-6-8-13(16)10-12/h6-8,10,14,16H,3-5,9,11H2,1-2H3. The lowest BCUT2D eigenvalue weighted by Gasteiger charge is -2.15. The van der Waals surface area contributed by atoms with E-state index in [9.17, 15) is 9.90 Å². The summed E-state index contributed by atoms with van der Waals surface area (Å²) in [4.78, 5) is 11.7. The molecule has 0 fully saturated rings. The van der Waals surface area contributed by atoms with Gasteiger partial charge in [-0.2, -0.15) is 0 Å². The summed E-state index contributed by atoms with van der Waals surface area (Å²) in [6.07, 6.45) is 2.93. The summed E-state index contributed by atoms with van der Waals surface area (Å²) in [5, 5.41) is 9.41. The van der Waals surface area contributed by atoms with Crippen LogP contribution in [0.5, 0.6) is 5.75 Å². The molecule has 1 aromatic rings. The fourth-order valence-corrected chi connectivity index (χ4v) is 1.82. The first-order chi connectivity index (χ1) is 9.17. The van der Waals surface area contributed by atoms with E-state index in [0.29, 0.717) is 13.0 Å². The van der Waals surface area contributed by atoms with Crippen molar-refractivity contribution in [3.05, 3.63) is 29.8 Å². The highest BCUT2D eigenvalue weighted by Crippen LogP contribution is 2.14. The van der Waals surface area contributed by atoms with Crippen LogP contribution in [-0.4, -0.2) is 30.9 Å².